The fraction of sp³-hybridized carbons (Fsp3) is 0.345. The predicted octanol–water partition coefficient (Wildman–Crippen LogP) is 6.20. The van der Waals surface area contributed by atoms with Gasteiger partial charge in [0.25, 0.3) is 11.6 Å². The molecule has 0 N–H and O–H groups in total. The third-order valence-corrected chi connectivity index (χ3v) is 7.38. The number of anilines is 1. The van der Waals surface area contributed by atoms with E-state index in [1.165, 1.54) is 35.9 Å². The highest BCUT2D eigenvalue weighted by Gasteiger charge is 2.46. The van der Waals surface area contributed by atoms with Crippen molar-refractivity contribution in [3.8, 4) is 0 Å². The van der Waals surface area contributed by atoms with Gasteiger partial charge in [-0.15, -0.1) is 0 Å². The van der Waals surface area contributed by atoms with Crippen LogP contribution in [0.2, 0.25) is 0 Å². The summed E-state index contributed by atoms with van der Waals surface area (Å²) in [4.78, 5) is 28.1. The van der Waals surface area contributed by atoms with Crippen LogP contribution < -0.4 is 4.90 Å². The number of benzene rings is 2. The number of hydrogen-bond acceptors (Lipinski definition) is 4. The number of non-ortho nitro benzene ring substituents is 1. The summed E-state index contributed by atoms with van der Waals surface area (Å²) in [5.74, 6) is -0.524. The van der Waals surface area contributed by atoms with Crippen LogP contribution in [0.1, 0.15) is 48.5 Å². The Morgan fingerprint density at radius 2 is 1.92 bits per heavy atom. The number of likely N-dealkylation sites (tertiary alicyclic amines) is 1. The van der Waals surface area contributed by atoms with Gasteiger partial charge in [-0.25, -0.2) is 4.39 Å². The number of nitrogens with zero attached hydrogens (tertiary/aromatic N) is 3. The van der Waals surface area contributed by atoms with Gasteiger partial charge < -0.3 is 9.80 Å². The molecule has 0 atom stereocenters. The summed E-state index contributed by atoms with van der Waals surface area (Å²) < 4.78 is 14.3. The molecule has 0 saturated carbocycles. The molecule has 7 heteroatoms. The van der Waals surface area contributed by atoms with Crippen LogP contribution >= 0.6 is 0 Å². The van der Waals surface area contributed by atoms with Crippen LogP contribution in [-0.4, -0.2) is 41.9 Å². The Labute approximate surface area is 211 Å². The Bertz CT molecular complexity index is 1190. The van der Waals surface area contributed by atoms with Gasteiger partial charge in [-0.1, -0.05) is 36.5 Å². The van der Waals surface area contributed by atoms with E-state index < -0.39 is 4.92 Å². The molecule has 4 rings (SSSR count). The number of nitro groups is 1. The van der Waals surface area contributed by atoms with Gasteiger partial charge in [0.15, 0.2) is 0 Å². The number of amides is 1. The highest BCUT2D eigenvalue weighted by molar-refractivity contribution is 6.07. The standard InChI is InChI=1S/C29H32FN3O3/c1-3-5-7-22(6-4-2)14-17-31-18-15-29(16-19-31)21-32(27-13-10-24(30)20-26(27)29)28(34)23-8-11-25(12-9-23)33(35)36/h3-6,8-13,20H,2,7,14-19,21H2,1H3/b5-3-,22-6+. The fourth-order valence-corrected chi connectivity index (χ4v) is 5.33. The van der Waals surface area contributed by atoms with Crippen LogP contribution in [-0.2, 0) is 5.41 Å². The first-order chi connectivity index (χ1) is 17.4. The van der Waals surface area contributed by atoms with Gasteiger partial charge in [0, 0.05) is 41.9 Å². The smallest absolute Gasteiger partial charge is 0.269 e. The number of allylic oxidation sites excluding steroid dienone is 4. The lowest BCUT2D eigenvalue weighted by Gasteiger charge is -2.40. The number of piperidine rings is 1. The van der Waals surface area contributed by atoms with Crippen molar-refractivity contribution in [1.82, 2.24) is 4.90 Å². The van der Waals surface area contributed by atoms with Gasteiger partial charge in [-0.05, 0) is 81.6 Å². The van der Waals surface area contributed by atoms with Gasteiger partial charge in [0.2, 0.25) is 0 Å². The molecule has 0 unspecified atom stereocenters. The molecule has 1 amide bonds. The first-order valence-electron chi connectivity index (χ1n) is 12.4. The summed E-state index contributed by atoms with van der Waals surface area (Å²) in [5, 5.41) is 11.0. The average molecular weight is 490 g/mol. The maximum atomic E-state index is 14.3. The number of carbonyl (C=O) groups excluding carboxylic acids is 1. The lowest BCUT2D eigenvalue weighted by molar-refractivity contribution is -0.384. The van der Waals surface area contributed by atoms with Crippen LogP contribution in [0.5, 0.6) is 0 Å². The third kappa shape index (κ3) is 5.31. The molecule has 0 aliphatic carbocycles. The quantitative estimate of drug-likeness (QED) is 0.192. The van der Waals surface area contributed by atoms with E-state index in [-0.39, 0.29) is 22.8 Å². The zero-order valence-corrected chi connectivity index (χ0v) is 20.7. The minimum absolute atomic E-state index is 0.0592. The molecule has 1 saturated heterocycles. The summed E-state index contributed by atoms with van der Waals surface area (Å²) in [6, 6.07) is 10.3. The molecule has 2 aromatic carbocycles. The van der Waals surface area contributed by atoms with Gasteiger partial charge in [0.1, 0.15) is 5.82 Å². The molecule has 2 aliphatic rings. The molecule has 0 aromatic heterocycles. The van der Waals surface area contributed by atoms with Crippen molar-refractivity contribution in [2.45, 2.75) is 38.0 Å². The van der Waals surface area contributed by atoms with Crippen LogP contribution in [0, 0.1) is 15.9 Å². The molecule has 188 valence electrons. The lowest BCUT2D eigenvalue weighted by Crippen LogP contribution is -2.46. The van der Waals surface area contributed by atoms with E-state index >= 15 is 0 Å². The summed E-state index contributed by atoms with van der Waals surface area (Å²) in [5.41, 5.74) is 2.99. The van der Waals surface area contributed by atoms with E-state index in [9.17, 15) is 19.3 Å². The van der Waals surface area contributed by atoms with Gasteiger partial charge in [-0.2, -0.15) is 0 Å². The number of carbonyl (C=O) groups is 1. The van der Waals surface area contributed by atoms with Crippen molar-refractivity contribution < 1.29 is 14.1 Å². The monoisotopic (exact) mass is 489 g/mol. The van der Waals surface area contributed by atoms with E-state index in [0.717, 1.165) is 56.6 Å². The second kappa shape index (κ2) is 11.0. The first kappa shape index (κ1) is 25.5. The normalized spacial score (nSPS) is 17.5. The van der Waals surface area contributed by atoms with Crippen LogP contribution in [0.4, 0.5) is 15.8 Å². The molecular formula is C29H32FN3O3. The minimum atomic E-state index is -0.485. The van der Waals surface area contributed by atoms with Gasteiger partial charge >= 0.3 is 0 Å². The van der Waals surface area contributed by atoms with Crippen LogP contribution in [0.3, 0.4) is 0 Å². The second-order valence-corrected chi connectivity index (χ2v) is 9.56. The number of nitro benzene ring substituents is 1. The van der Waals surface area contributed by atoms with Gasteiger partial charge in [0.05, 0.1) is 4.92 Å². The largest absolute Gasteiger partial charge is 0.307 e. The van der Waals surface area contributed by atoms with E-state index in [1.54, 1.807) is 17.0 Å². The third-order valence-electron chi connectivity index (χ3n) is 7.38. The van der Waals surface area contributed by atoms with Crippen LogP contribution in [0.15, 0.2) is 78.9 Å². The van der Waals surface area contributed by atoms with Crippen LogP contribution in [0.25, 0.3) is 0 Å². The SMILES string of the molecule is C=C/C=C(\C/C=C\C)CCN1CCC2(CC1)CN(C(=O)c1ccc([N+](=O)[O-])cc1)c1ccc(F)cc12. The Hall–Kier alpha value is -3.58. The van der Waals surface area contributed by atoms with Crippen molar-refractivity contribution in [1.29, 1.82) is 0 Å². The van der Waals surface area contributed by atoms with E-state index in [0.29, 0.717) is 12.1 Å². The zero-order valence-electron chi connectivity index (χ0n) is 20.7. The summed E-state index contributed by atoms with van der Waals surface area (Å²) in [6.45, 7) is 9.04. The number of rotatable bonds is 8. The topological polar surface area (TPSA) is 66.7 Å². The molecule has 36 heavy (non-hydrogen) atoms. The molecule has 0 bridgehead atoms. The maximum absolute atomic E-state index is 14.3. The maximum Gasteiger partial charge on any atom is 0.269 e. The van der Waals surface area contributed by atoms with Crippen molar-refractivity contribution >= 4 is 17.3 Å². The molecule has 0 radical (unpaired) electrons. The number of hydrogen-bond donors (Lipinski definition) is 0. The second-order valence-electron chi connectivity index (χ2n) is 9.56. The molecule has 6 nitrogen and oxygen atoms in total. The number of fused-ring (bicyclic) bond motifs is 2. The van der Waals surface area contributed by atoms with E-state index in [1.807, 2.05) is 13.0 Å². The Morgan fingerprint density at radius 1 is 1.19 bits per heavy atom. The number of halogens is 1. The molecule has 1 spiro atoms. The van der Waals surface area contributed by atoms with Crippen molar-refractivity contribution in [3.63, 3.8) is 0 Å². The predicted molar refractivity (Wildman–Crippen MR) is 141 cm³/mol. The van der Waals surface area contributed by atoms with Crippen molar-refractivity contribution in [3.05, 3.63) is 106 Å². The Balaban J connectivity index is 1.49. The fourth-order valence-electron chi connectivity index (χ4n) is 5.33. The summed E-state index contributed by atoms with van der Waals surface area (Å²) >= 11 is 0. The highest BCUT2D eigenvalue weighted by atomic mass is 19.1. The molecule has 2 aliphatic heterocycles. The minimum Gasteiger partial charge on any atom is -0.307 e. The summed E-state index contributed by atoms with van der Waals surface area (Å²) in [6.07, 6.45) is 11.7. The van der Waals surface area contributed by atoms with Gasteiger partial charge in [-0.3, -0.25) is 14.9 Å². The first-order valence-corrected chi connectivity index (χ1v) is 12.4. The average Bonchev–Trinajstić information content (AvgIpc) is 3.19. The van der Waals surface area contributed by atoms with E-state index in [4.69, 9.17) is 0 Å². The molecule has 2 aromatic rings. The Kier molecular flexibility index (Phi) is 7.79. The molecule has 1 fully saturated rings. The molecule has 2 heterocycles. The summed E-state index contributed by atoms with van der Waals surface area (Å²) in [7, 11) is 0. The Morgan fingerprint density at radius 3 is 2.56 bits per heavy atom. The van der Waals surface area contributed by atoms with Crippen molar-refractivity contribution in [2.24, 2.45) is 0 Å². The molecular weight excluding hydrogens is 457 g/mol. The van der Waals surface area contributed by atoms with Crippen molar-refractivity contribution in [2.75, 3.05) is 31.1 Å². The zero-order chi connectivity index (χ0) is 25.7. The highest BCUT2D eigenvalue weighted by Crippen LogP contribution is 2.47. The lowest BCUT2D eigenvalue weighted by atomic mass is 9.74. The van der Waals surface area contributed by atoms with E-state index in [2.05, 4.69) is 29.7 Å².